The number of carbonyl (C=O) groups excluding carboxylic acids is 2. The van der Waals surface area contributed by atoms with Gasteiger partial charge in [0.1, 0.15) is 5.56 Å². The fourth-order valence-corrected chi connectivity index (χ4v) is 3.30. The Balaban J connectivity index is 1.66. The first kappa shape index (κ1) is 19.3. The zero-order valence-electron chi connectivity index (χ0n) is 16.4. The Hall–Kier alpha value is -4.00. The van der Waals surface area contributed by atoms with E-state index in [2.05, 4.69) is 15.4 Å². The van der Waals surface area contributed by atoms with Gasteiger partial charge in [-0.1, -0.05) is 60.7 Å². The predicted molar refractivity (Wildman–Crippen MR) is 112 cm³/mol. The second-order valence-electron chi connectivity index (χ2n) is 6.71. The molecular weight excluding hydrogens is 380 g/mol. The van der Waals surface area contributed by atoms with E-state index in [1.54, 1.807) is 10.7 Å². The molecule has 0 saturated carbocycles. The third-order valence-corrected chi connectivity index (χ3v) is 4.82. The monoisotopic (exact) mass is 400 g/mol. The van der Waals surface area contributed by atoms with Gasteiger partial charge in [-0.3, -0.25) is 9.59 Å². The van der Waals surface area contributed by atoms with Crippen molar-refractivity contribution in [2.75, 3.05) is 7.11 Å². The Morgan fingerprint density at radius 2 is 1.73 bits per heavy atom. The van der Waals surface area contributed by atoms with Gasteiger partial charge in [-0.15, -0.1) is 0 Å². The summed E-state index contributed by atoms with van der Waals surface area (Å²) < 4.78 is 6.43. The van der Waals surface area contributed by atoms with E-state index >= 15 is 0 Å². The van der Waals surface area contributed by atoms with Crippen molar-refractivity contribution in [1.29, 1.82) is 0 Å². The van der Waals surface area contributed by atoms with E-state index < -0.39 is 12.0 Å². The molecule has 4 aromatic rings. The Morgan fingerprint density at radius 1 is 1.03 bits per heavy atom. The summed E-state index contributed by atoms with van der Waals surface area (Å²) in [6.45, 7) is 0. The number of aromatic nitrogens is 3. The van der Waals surface area contributed by atoms with Crippen LogP contribution in [-0.2, 0) is 9.53 Å². The highest BCUT2D eigenvalue weighted by Gasteiger charge is 2.22. The van der Waals surface area contributed by atoms with Gasteiger partial charge >= 0.3 is 5.97 Å². The van der Waals surface area contributed by atoms with Crippen LogP contribution in [0.3, 0.4) is 0 Å². The summed E-state index contributed by atoms with van der Waals surface area (Å²) in [6, 6.07) is 20.4. The number of ether oxygens (including phenoxy) is 1. The summed E-state index contributed by atoms with van der Waals surface area (Å²) >= 11 is 0. The van der Waals surface area contributed by atoms with Gasteiger partial charge in [0.2, 0.25) is 0 Å². The predicted octanol–water partition coefficient (Wildman–Crippen LogP) is 3.43. The Bertz CT molecular complexity index is 1170. The topological polar surface area (TPSA) is 85.6 Å². The van der Waals surface area contributed by atoms with E-state index in [-0.39, 0.29) is 12.3 Å². The van der Waals surface area contributed by atoms with Crippen molar-refractivity contribution in [3.63, 3.8) is 0 Å². The molecule has 2 heterocycles. The lowest BCUT2D eigenvalue weighted by Crippen LogP contribution is -2.30. The molecule has 7 heteroatoms. The zero-order valence-corrected chi connectivity index (χ0v) is 16.4. The Morgan fingerprint density at radius 3 is 2.43 bits per heavy atom. The molecule has 0 aliphatic carbocycles. The van der Waals surface area contributed by atoms with Crippen LogP contribution in [0.5, 0.6) is 0 Å². The smallest absolute Gasteiger partial charge is 0.307 e. The minimum Gasteiger partial charge on any atom is -0.469 e. The molecule has 0 unspecified atom stereocenters. The number of nitrogens with one attached hydrogen (secondary N) is 1. The van der Waals surface area contributed by atoms with Crippen molar-refractivity contribution in [2.24, 2.45) is 0 Å². The molecule has 0 bridgehead atoms. The molecule has 150 valence electrons. The number of methoxy groups -OCH3 is 1. The second kappa shape index (κ2) is 8.57. The van der Waals surface area contributed by atoms with Crippen molar-refractivity contribution in [3.05, 3.63) is 90.3 Å². The average molecular weight is 400 g/mol. The minimum atomic E-state index is -0.529. The molecule has 0 aliphatic rings. The first-order valence-electron chi connectivity index (χ1n) is 9.48. The normalized spacial score (nSPS) is 11.8. The number of amides is 1. The van der Waals surface area contributed by atoms with E-state index in [1.807, 2.05) is 66.7 Å². The lowest BCUT2D eigenvalue weighted by atomic mass is 10.0. The van der Waals surface area contributed by atoms with E-state index in [1.165, 1.54) is 13.3 Å². The van der Waals surface area contributed by atoms with Crippen LogP contribution in [0.4, 0.5) is 0 Å². The van der Waals surface area contributed by atoms with Crippen LogP contribution in [0.25, 0.3) is 16.9 Å². The van der Waals surface area contributed by atoms with Crippen LogP contribution in [0.2, 0.25) is 0 Å². The van der Waals surface area contributed by atoms with E-state index in [4.69, 9.17) is 4.74 Å². The molecule has 2 aromatic heterocycles. The fourth-order valence-electron chi connectivity index (χ4n) is 3.30. The summed E-state index contributed by atoms with van der Waals surface area (Å²) in [5, 5.41) is 7.29. The highest BCUT2D eigenvalue weighted by molar-refractivity contribution is 6.00. The van der Waals surface area contributed by atoms with Crippen molar-refractivity contribution in [3.8, 4) is 11.3 Å². The van der Waals surface area contributed by atoms with Crippen molar-refractivity contribution < 1.29 is 14.3 Å². The standard InChI is InChI=1S/C23H20N4O3/c1-30-21(28)14-19(16-8-4-2-5-9-16)26-23(29)18-15-25-27-20(12-13-24-22(18)27)17-10-6-3-7-11-17/h2-13,15,19H,14H2,1H3,(H,26,29)/t19-/m0/s1. The second-order valence-corrected chi connectivity index (χ2v) is 6.71. The highest BCUT2D eigenvalue weighted by atomic mass is 16.5. The van der Waals surface area contributed by atoms with Gasteiger partial charge in [0.05, 0.1) is 31.5 Å². The molecule has 0 spiro atoms. The molecule has 1 N–H and O–H groups in total. The first-order valence-corrected chi connectivity index (χ1v) is 9.48. The van der Waals surface area contributed by atoms with Crippen molar-refractivity contribution >= 4 is 17.5 Å². The number of fused-ring (bicyclic) bond motifs is 1. The number of benzene rings is 2. The molecular formula is C23H20N4O3. The molecule has 0 aliphatic heterocycles. The van der Waals surface area contributed by atoms with Crippen LogP contribution < -0.4 is 5.32 Å². The average Bonchev–Trinajstić information content (AvgIpc) is 3.24. The third kappa shape index (κ3) is 3.91. The van der Waals surface area contributed by atoms with Gasteiger partial charge in [0, 0.05) is 11.8 Å². The van der Waals surface area contributed by atoms with Crippen LogP contribution in [-0.4, -0.2) is 33.6 Å². The lowest BCUT2D eigenvalue weighted by Gasteiger charge is -2.18. The van der Waals surface area contributed by atoms with Crippen LogP contribution in [0.15, 0.2) is 79.1 Å². The van der Waals surface area contributed by atoms with E-state index in [0.717, 1.165) is 16.8 Å². The Labute approximate surface area is 173 Å². The zero-order chi connectivity index (χ0) is 20.9. The molecule has 0 saturated heterocycles. The number of rotatable bonds is 6. The molecule has 1 amide bonds. The van der Waals surface area contributed by atoms with Gasteiger partial charge in [-0.05, 0) is 11.6 Å². The largest absolute Gasteiger partial charge is 0.469 e. The van der Waals surface area contributed by atoms with Crippen molar-refractivity contribution in [2.45, 2.75) is 12.5 Å². The van der Waals surface area contributed by atoms with E-state index in [0.29, 0.717) is 11.2 Å². The Kier molecular flexibility index (Phi) is 5.52. The molecule has 4 rings (SSSR count). The first-order chi connectivity index (χ1) is 14.7. The number of carbonyl (C=O) groups is 2. The summed E-state index contributed by atoms with van der Waals surface area (Å²) in [7, 11) is 1.33. The molecule has 2 aromatic carbocycles. The van der Waals surface area contributed by atoms with Crippen molar-refractivity contribution in [1.82, 2.24) is 19.9 Å². The molecule has 0 fully saturated rings. The molecule has 1 atom stereocenters. The third-order valence-electron chi connectivity index (χ3n) is 4.82. The molecule has 30 heavy (non-hydrogen) atoms. The number of hydrogen-bond acceptors (Lipinski definition) is 5. The van der Waals surface area contributed by atoms with Crippen LogP contribution >= 0.6 is 0 Å². The van der Waals surface area contributed by atoms with E-state index in [9.17, 15) is 9.59 Å². The highest BCUT2D eigenvalue weighted by Crippen LogP contribution is 2.22. The van der Waals surface area contributed by atoms with Gasteiger partial charge < -0.3 is 10.1 Å². The van der Waals surface area contributed by atoms with Crippen LogP contribution in [0, 0.1) is 0 Å². The van der Waals surface area contributed by atoms with Gasteiger partial charge in [0.15, 0.2) is 5.65 Å². The lowest BCUT2D eigenvalue weighted by molar-refractivity contribution is -0.141. The molecule has 0 radical (unpaired) electrons. The fraction of sp³-hybridized carbons (Fsp3) is 0.130. The SMILES string of the molecule is COC(=O)C[C@H](NC(=O)c1cnn2c(-c3ccccc3)ccnc12)c1ccccc1. The maximum Gasteiger partial charge on any atom is 0.307 e. The summed E-state index contributed by atoms with van der Waals surface area (Å²) in [5.74, 6) is -0.769. The maximum atomic E-state index is 13.1. The van der Waals surface area contributed by atoms with Gasteiger partial charge in [-0.2, -0.15) is 5.10 Å². The summed E-state index contributed by atoms with van der Waals surface area (Å²) in [4.78, 5) is 29.3. The quantitative estimate of drug-likeness (QED) is 0.501. The maximum absolute atomic E-state index is 13.1. The number of esters is 1. The molecule has 7 nitrogen and oxygen atoms in total. The van der Waals surface area contributed by atoms with Gasteiger partial charge in [0.25, 0.3) is 5.91 Å². The van der Waals surface area contributed by atoms with Crippen LogP contribution in [0.1, 0.15) is 28.4 Å². The number of hydrogen-bond donors (Lipinski definition) is 1. The summed E-state index contributed by atoms with van der Waals surface area (Å²) in [6.07, 6.45) is 3.16. The summed E-state index contributed by atoms with van der Waals surface area (Å²) in [5.41, 5.74) is 3.38. The minimum absolute atomic E-state index is 0.0220. The number of nitrogens with zero attached hydrogens (tertiary/aromatic N) is 3. The van der Waals surface area contributed by atoms with Gasteiger partial charge in [-0.25, -0.2) is 9.50 Å².